The predicted octanol–water partition coefficient (Wildman–Crippen LogP) is 6.23. The average molecular weight is 528 g/mol. The summed E-state index contributed by atoms with van der Waals surface area (Å²) in [5, 5.41) is 4.30. The van der Waals surface area contributed by atoms with Gasteiger partial charge in [-0.2, -0.15) is 4.98 Å². The number of hydrogen-bond acceptors (Lipinski definition) is 6. The lowest BCUT2D eigenvalue weighted by molar-refractivity contribution is -0.211. The fraction of sp³-hybridized carbons (Fsp3) is 0.581. The van der Waals surface area contributed by atoms with Crippen LogP contribution in [-0.4, -0.2) is 38.2 Å². The highest BCUT2D eigenvalue weighted by atomic mass is 19.1. The maximum atomic E-state index is 14.5. The van der Waals surface area contributed by atoms with E-state index in [0.29, 0.717) is 31.7 Å². The molecule has 0 N–H and O–H groups in total. The predicted molar refractivity (Wildman–Crippen MR) is 143 cm³/mol. The SMILES string of the molecule is Cc1ncc(-c2cccc(N(CC34CCC(c5nc(C6CC6)no5)(CC3)CC4)C(=O)C34CC(F)(C3)C4)c2)cn1. The molecule has 1 amide bonds. The zero-order valence-corrected chi connectivity index (χ0v) is 22.5. The summed E-state index contributed by atoms with van der Waals surface area (Å²) in [6.07, 6.45) is 13.2. The summed E-state index contributed by atoms with van der Waals surface area (Å²) in [5.74, 6) is 3.04. The number of carbonyl (C=O) groups excluding carboxylic acids is 1. The van der Waals surface area contributed by atoms with Gasteiger partial charge in [-0.3, -0.25) is 4.79 Å². The van der Waals surface area contributed by atoms with Gasteiger partial charge in [0.1, 0.15) is 11.5 Å². The highest BCUT2D eigenvalue weighted by Crippen LogP contribution is 2.70. The third kappa shape index (κ3) is 3.70. The minimum absolute atomic E-state index is 0.0173. The van der Waals surface area contributed by atoms with Gasteiger partial charge in [-0.15, -0.1) is 0 Å². The topological polar surface area (TPSA) is 85.0 Å². The molecule has 202 valence electrons. The van der Waals surface area contributed by atoms with Crippen LogP contribution in [0, 0.1) is 17.8 Å². The smallest absolute Gasteiger partial charge is 0.233 e. The molecule has 7 aliphatic rings. The number of aromatic nitrogens is 4. The summed E-state index contributed by atoms with van der Waals surface area (Å²) >= 11 is 0. The van der Waals surface area contributed by atoms with E-state index in [0.717, 1.165) is 72.9 Å². The van der Waals surface area contributed by atoms with Crippen molar-refractivity contribution in [3.8, 4) is 11.1 Å². The zero-order chi connectivity index (χ0) is 26.5. The van der Waals surface area contributed by atoms with Gasteiger partial charge in [-0.1, -0.05) is 17.3 Å². The number of aryl methyl sites for hydroxylation is 1. The zero-order valence-electron chi connectivity index (χ0n) is 22.5. The molecule has 3 aromatic rings. The molecule has 0 unspecified atom stereocenters. The van der Waals surface area contributed by atoms with Crippen molar-refractivity contribution in [3.63, 3.8) is 0 Å². The Balaban J connectivity index is 1.07. The highest BCUT2D eigenvalue weighted by molar-refractivity contribution is 6.00. The van der Waals surface area contributed by atoms with Crippen molar-refractivity contribution < 1.29 is 13.7 Å². The lowest BCUT2D eigenvalue weighted by Gasteiger charge is -2.65. The molecule has 7 nitrogen and oxygen atoms in total. The molecule has 0 atom stereocenters. The van der Waals surface area contributed by atoms with Crippen LogP contribution in [0.1, 0.15) is 94.1 Å². The van der Waals surface area contributed by atoms with Crippen LogP contribution in [-0.2, 0) is 10.2 Å². The van der Waals surface area contributed by atoms with Crippen molar-refractivity contribution in [3.05, 3.63) is 54.2 Å². The molecule has 2 heterocycles. The van der Waals surface area contributed by atoms with Crippen LogP contribution in [0.5, 0.6) is 0 Å². The Labute approximate surface area is 227 Å². The number of halogens is 1. The number of nitrogens with zero attached hydrogens (tertiary/aromatic N) is 5. The normalized spacial score (nSPS) is 34.3. The van der Waals surface area contributed by atoms with E-state index in [1.54, 1.807) is 0 Å². The number of fused-ring (bicyclic) bond motifs is 3. The molecular weight excluding hydrogens is 493 g/mol. The molecule has 0 spiro atoms. The van der Waals surface area contributed by atoms with Crippen molar-refractivity contribution in [1.29, 1.82) is 0 Å². The number of amides is 1. The van der Waals surface area contributed by atoms with Crippen molar-refractivity contribution in [1.82, 2.24) is 20.1 Å². The number of hydrogen-bond donors (Lipinski definition) is 0. The van der Waals surface area contributed by atoms with Crippen LogP contribution in [0.15, 0.2) is 41.2 Å². The first-order valence-corrected chi connectivity index (χ1v) is 14.5. The van der Waals surface area contributed by atoms with E-state index in [1.165, 1.54) is 12.8 Å². The van der Waals surface area contributed by atoms with E-state index in [-0.39, 0.29) is 16.7 Å². The molecule has 0 radical (unpaired) electrons. The monoisotopic (exact) mass is 527 g/mol. The number of rotatable bonds is 7. The molecular formula is C31H34FN5O2. The van der Waals surface area contributed by atoms with Crippen molar-refractivity contribution in [2.45, 2.75) is 94.6 Å². The lowest BCUT2D eigenvalue weighted by atomic mass is 9.41. The molecule has 10 rings (SSSR count). The van der Waals surface area contributed by atoms with E-state index < -0.39 is 11.1 Å². The Morgan fingerprint density at radius 2 is 1.72 bits per heavy atom. The van der Waals surface area contributed by atoms with Gasteiger partial charge in [0.05, 0.1) is 5.41 Å². The van der Waals surface area contributed by atoms with Gasteiger partial charge in [0.25, 0.3) is 0 Å². The lowest BCUT2D eigenvalue weighted by Crippen LogP contribution is -2.71. The summed E-state index contributed by atoms with van der Waals surface area (Å²) in [6.45, 7) is 2.54. The molecule has 2 aromatic heterocycles. The number of alkyl halides is 1. The first kappa shape index (κ1) is 23.7. The molecule has 1 aromatic carbocycles. The van der Waals surface area contributed by atoms with E-state index in [1.807, 2.05) is 42.4 Å². The Morgan fingerprint density at radius 1 is 1.03 bits per heavy atom. The summed E-state index contributed by atoms with van der Waals surface area (Å²) in [4.78, 5) is 29.7. The molecule has 7 fully saturated rings. The van der Waals surface area contributed by atoms with Crippen LogP contribution in [0.3, 0.4) is 0 Å². The van der Waals surface area contributed by atoms with E-state index in [2.05, 4.69) is 21.2 Å². The minimum atomic E-state index is -1.11. The van der Waals surface area contributed by atoms with Gasteiger partial charge >= 0.3 is 0 Å². The second kappa shape index (κ2) is 7.95. The van der Waals surface area contributed by atoms with E-state index in [9.17, 15) is 9.18 Å². The highest BCUT2D eigenvalue weighted by Gasteiger charge is 2.73. The van der Waals surface area contributed by atoms with Crippen LogP contribution < -0.4 is 4.90 Å². The van der Waals surface area contributed by atoms with Crippen molar-refractivity contribution in [2.75, 3.05) is 11.4 Å². The quantitative estimate of drug-likeness (QED) is 0.362. The summed E-state index contributed by atoms with van der Waals surface area (Å²) in [7, 11) is 0. The van der Waals surface area contributed by atoms with Gasteiger partial charge in [0, 0.05) is 41.5 Å². The summed E-state index contributed by atoms with van der Waals surface area (Å²) < 4.78 is 20.3. The molecule has 39 heavy (non-hydrogen) atoms. The van der Waals surface area contributed by atoms with Gasteiger partial charge in [-0.05, 0) is 101 Å². The molecule has 7 aliphatic carbocycles. The number of benzene rings is 1. The van der Waals surface area contributed by atoms with Gasteiger partial charge in [0.2, 0.25) is 11.8 Å². The van der Waals surface area contributed by atoms with Crippen molar-refractivity contribution in [2.24, 2.45) is 10.8 Å². The summed E-state index contributed by atoms with van der Waals surface area (Å²) in [5.41, 5.74) is 1.19. The maximum absolute atomic E-state index is 14.5. The molecule has 8 heteroatoms. The summed E-state index contributed by atoms with van der Waals surface area (Å²) in [6, 6.07) is 8.14. The third-order valence-electron chi connectivity index (χ3n) is 10.7. The van der Waals surface area contributed by atoms with Gasteiger partial charge in [-0.25, -0.2) is 14.4 Å². The fourth-order valence-corrected chi connectivity index (χ4v) is 7.97. The van der Waals surface area contributed by atoms with Crippen LogP contribution in [0.25, 0.3) is 11.1 Å². The fourth-order valence-electron chi connectivity index (χ4n) is 7.97. The first-order valence-electron chi connectivity index (χ1n) is 14.5. The Bertz CT molecular complexity index is 1420. The standard InChI is InChI=1S/C31H34FN5O2/c1-20-33-14-23(15-34-20)22-3-2-4-24(13-22)37(27(38)30-16-31(32,17-30)18-30)19-28-7-10-29(11-8-28,12-9-28)26-35-25(36-39-26)21-5-6-21/h2-4,13-15,21H,5-12,16-19H2,1H3. The second-order valence-electron chi connectivity index (χ2n) is 13.4. The third-order valence-corrected chi connectivity index (χ3v) is 10.7. The molecule has 4 bridgehead atoms. The van der Waals surface area contributed by atoms with Crippen LogP contribution in [0.2, 0.25) is 0 Å². The molecule has 0 aliphatic heterocycles. The Kier molecular flexibility index (Phi) is 4.83. The Morgan fingerprint density at radius 3 is 2.36 bits per heavy atom. The van der Waals surface area contributed by atoms with Crippen LogP contribution >= 0.6 is 0 Å². The van der Waals surface area contributed by atoms with E-state index >= 15 is 0 Å². The second-order valence-corrected chi connectivity index (χ2v) is 13.4. The Hall–Kier alpha value is -3.16. The number of anilines is 1. The maximum Gasteiger partial charge on any atom is 0.233 e. The minimum Gasteiger partial charge on any atom is -0.339 e. The van der Waals surface area contributed by atoms with E-state index in [4.69, 9.17) is 9.51 Å². The number of carbonyl (C=O) groups is 1. The molecule has 7 saturated carbocycles. The molecule has 0 saturated heterocycles. The first-order chi connectivity index (χ1) is 18.8. The average Bonchev–Trinajstić information content (AvgIpc) is 3.66. The van der Waals surface area contributed by atoms with Gasteiger partial charge < -0.3 is 9.42 Å². The van der Waals surface area contributed by atoms with Crippen LogP contribution in [0.4, 0.5) is 10.1 Å². The van der Waals surface area contributed by atoms with Crippen molar-refractivity contribution >= 4 is 11.6 Å². The largest absolute Gasteiger partial charge is 0.339 e. The van der Waals surface area contributed by atoms with Gasteiger partial charge in [0.15, 0.2) is 5.82 Å².